The monoisotopic (exact) mass is 390 g/mol. The van der Waals surface area contributed by atoms with Gasteiger partial charge in [-0.05, 0) is 66.8 Å². The molecule has 1 saturated carbocycles. The van der Waals surface area contributed by atoms with Crippen LogP contribution in [0.5, 0.6) is 0 Å². The van der Waals surface area contributed by atoms with E-state index < -0.39 is 10.0 Å². The van der Waals surface area contributed by atoms with Crippen molar-refractivity contribution in [1.82, 2.24) is 4.90 Å². The van der Waals surface area contributed by atoms with E-state index in [1.165, 1.54) is 17.7 Å². The van der Waals surface area contributed by atoms with Crippen molar-refractivity contribution < 1.29 is 13.2 Å². The Morgan fingerprint density at radius 1 is 1.08 bits per heavy atom. The fourth-order valence-corrected chi connectivity index (χ4v) is 4.40. The molecule has 7 heteroatoms. The van der Waals surface area contributed by atoms with E-state index >= 15 is 0 Å². The Labute approximate surface area is 158 Å². The SMILES string of the molecule is O=C(C1CC1)N1CCc2ccc(NS(=O)(=O)c3ccc(Cl)cc3)cc2C1. The lowest BCUT2D eigenvalue weighted by Gasteiger charge is -2.29. The molecule has 136 valence electrons. The minimum Gasteiger partial charge on any atom is -0.338 e. The van der Waals surface area contributed by atoms with E-state index in [1.54, 1.807) is 18.2 Å². The Morgan fingerprint density at radius 3 is 2.50 bits per heavy atom. The Hall–Kier alpha value is -2.05. The summed E-state index contributed by atoms with van der Waals surface area (Å²) in [6, 6.07) is 11.6. The average molecular weight is 391 g/mol. The summed E-state index contributed by atoms with van der Waals surface area (Å²) in [6.07, 6.45) is 2.78. The average Bonchev–Trinajstić information content (AvgIpc) is 3.45. The number of benzene rings is 2. The minimum absolute atomic E-state index is 0.158. The normalized spacial score (nSPS) is 16.9. The van der Waals surface area contributed by atoms with Gasteiger partial charge >= 0.3 is 0 Å². The predicted molar refractivity (Wildman–Crippen MR) is 101 cm³/mol. The number of hydrogen-bond donors (Lipinski definition) is 1. The Bertz CT molecular complexity index is 953. The summed E-state index contributed by atoms with van der Waals surface area (Å²) in [7, 11) is -3.68. The van der Waals surface area contributed by atoms with Gasteiger partial charge in [0, 0.05) is 29.7 Å². The molecule has 2 aliphatic rings. The molecule has 0 saturated heterocycles. The van der Waals surface area contributed by atoms with Crippen LogP contribution in [0.1, 0.15) is 24.0 Å². The van der Waals surface area contributed by atoms with E-state index in [-0.39, 0.29) is 16.7 Å². The summed E-state index contributed by atoms with van der Waals surface area (Å²) >= 11 is 5.82. The van der Waals surface area contributed by atoms with Crippen molar-refractivity contribution in [2.24, 2.45) is 5.92 Å². The third-order valence-corrected chi connectivity index (χ3v) is 6.48. The van der Waals surface area contributed by atoms with Crippen LogP contribution in [0.25, 0.3) is 0 Å². The van der Waals surface area contributed by atoms with Crippen LogP contribution in [0, 0.1) is 5.92 Å². The van der Waals surface area contributed by atoms with Crippen LogP contribution in [0.3, 0.4) is 0 Å². The van der Waals surface area contributed by atoms with Gasteiger partial charge < -0.3 is 4.90 Å². The zero-order valence-corrected chi connectivity index (χ0v) is 15.7. The first-order valence-corrected chi connectivity index (χ1v) is 10.5. The summed E-state index contributed by atoms with van der Waals surface area (Å²) < 4.78 is 27.7. The number of rotatable bonds is 4. The van der Waals surface area contributed by atoms with E-state index in [4.69, 9.17) is 11.6 Å². The topological polar surface area (TPSA) is 66.5 Å². The summed E-state index contributed by atoms with van der Waals surface area (Å²) in [5.41, 5.74) is 2.67. The number of anilines is 1. The fourth-order valence-electron chi connectivity index (χ4n) is 3.23. The zero-order chi connectivity index (χ0) is 18.3. The van der Waals surface area contributed by atoms with Crippen LogP contribution < -0.4 is 4.72 Å². The number of carbonyl (C=O) groups is 1. The van der Waals surface area contributed by atoms with Crippen LogP contribution in [-0.4, -0.2) is 25.8 Å². The molecular weight excluding hydrogens is 372 g/mol. The highest BCUT2D eigenvalue weighted by atomic mass is 35.5. The van der Waals surface area contributed by atoms with Crippen molar-refractivity contribution in [1.29, 1.82) is 0 Å². The third-order valence-electron chi connectivity index (χ3n) is 4.83. The Morgan fingerprint density at radius 2 is 1.81 bits per heavy atom. The maximum Gasteiger partial charge on any atom is 0.261 e. The molecule has 5 nitrogen and oxygen atoms in total. The second-order valence-electron chi connectivity index (χ2n) is 6.83. The maximum atomic E-state index is 12.5. The first-order valence-electron chi connectivity index (χ1n) is 8.61. The summed E-state index contributed by atoms with van der Waals surface area (Å²) in [6.45, 7) is 1.28. The highest BCUT2D eigenvalue weighted by Gasteiger charge is 2.34. The van der Waals surface area contributed by atoms with Gasteiger partial charge in [0.2, 0.25) is 5.91 Å². The van der Waals surface area contributed by atoms with Crippen molar-refractivity contribution in [2.75, 3.05) is 11.3 Å². The number of halogens is 1. The first-order chi connectivity index (χ1) is 12.4. The molecule has 0 unspecified atom stereocenters. The fraction of sp³-hybridized carbons (Fsp3) is 0.316. The number of fused-ring (bicyclic) bond motifs is 1. The van der Waals surface area contributed by atoms with E-state index in [0.717, 1.165) is 31.4 Å². The molecule has 0 aromatic heterocycles. The molecule has 0 spiro atoms. The highest BCUT2D eigenvalue weighted by molar-refractivity contribution is 7.92. The summed E-state index contributed by atoms with van der Waals surface area (Å²) in [5.74, 6) is 0.422. The number of nitrogens with zero attached hydrogens (tertiary/aromatic N) is 1. The molecule has 1 heterocycles. The van der Waals surface area contributed by atoms with E-state index in [2.05, 4.69) is 4.72 Å². The van der Waals surface area contributed by atoms with Crippen LogP contribution in [-0.2, 0) is 27.8 Å². The molecule has 0 bridgehead atoms. The summed E-state index contributed by atoms with van der Waals surface area (Å²) in [4.78, 5) is 14.3. The molecule has 0 atom stereocenters. The molecular formula is C19H19ClN2O3S. The van der Waals surface area contributed by atoms with Gasteiger partial charge in [0.05, 0.1) is 4.90 Å². The minimum atomic E-state index is -3.68. The van der Waals surface area contributed by atoms with Crippen LogP contribution in [0.2, 0.25) is 5.02 Å². The van der Waals surface area contributed by atoms with Crippen molar-refractivity contribution in [3.63, 3.8) is 0 Å². The predicted octanol–water partition coefficient (Wildman–Crippen LogP) is 3.44. The molecule has 2 aromatic carbocycles. The second kappa shape index (κ2) is 6.59. The van der Waals surface area contributed by atoms with Gasteiger partial charge in [0.25, 0.3) is 10.0 Å². The molecule has 1 aliphatic heterocycles. The van der Waals surface area contributed by atoms with Crippen LogP contribution in [0.4, 0.5) is 5.69 Å². The van der Waals surface area contributed by atoms with Crippen molar-refractivity contribution in [3.05, 3.63) is 58.6 Å². The van der Waals surface area contributed by atoms with Crippen molar-refractivity contribution in [2.45, 2.75) is 30.7 Å². The van der Waals surface area contributed by atoms with Gasteiger partial charge in [-0.2, -0.15) is 0 Å². The Kier molecular flexibility index (Phi) is 4.40. The highest BCUT2D eigenvalue weighted by Crippen LogP contribution is 2.33. The largest absolute Gasteiger partial charge is 0.338 e. The van der Waals surface area contributed by atoms with Gasteiger partial charge in [-0.3, -0.25) is 9.52 Å². The zero-order valence-electron chi connectivity index (χ0n) is 14.1. The van der Waals surface area contributed by atoms with Crippen LogP contribution in [0.15, 0.2) is 47.4 Å². The molecule has 1 fully saturated rings. The van der Waals surface area contributed by atoms with E-state index in [9.17, 15) is 13.2 Å². The molecule has 1 amide bonds. The molecule has 1 N–H and O–H groups in total. The van der Waals surface area contributed by atoms with Gasteiger partial charge in [0.15, 0.2) is 0 Å². The third kappa shape index (κ3) is 3.57. The molecule has 0 radical (unpaired) electrons. The second-order valence-corrected chi connectivity index (χ2v) is 8.95. The number of hydrogen-bond acceptors (Lipinski definition) is 3. The van der Waals surface area contributed by atoms with Gasteiger partial charge in [-0.1, -0.05) is 17.7 Å². The molecule has 4 rings (SSSR count). The van der Waals surface area contributed by atoms with Crippen molar-refractivity contribution in [3.8, 4) is 0 Å². The number of amides is 1. The Balaban J connectivity index is 1.54. The maximum absolute atomic E-state index is 12.5. The molecule has 2 aromatic rings. The first kappa shape index (κ1) is 17.4. The smallest absolute Gasteiger partial charge is 0.261 e. The molecule has 1 aliphatic carbocycles. The quantitative estimate of drug-likeness (QED) is 0.869. The number of sulfonamides is 1. The standard InChI is InChI=1S/C19H19ClN2O3S/c20-16-4-7-18(8-5-16)26(24,25)21-17-6-3-13-9-10-22(12-15(13)11-17)19(23)14-1-2-14/h3-8,11,14,21H,1-2,9-10,12H2. The van der Waals surface area contributed by atoms with Gasteiger partial charge in [-0.25, -0.2) is 8.42 Å². The lowest BCUT2D eigenvalue weighted by Crippen LogP contribution is -2.36. The molecule has 26 heavy (non-hydrogen) atoms. The van der Waals surface area contributed by atoms with Crippen LogP contribution >= 0.6 is 11.6 Å². The van der Waals surface area contributed by atoms with Gasteiger partial charge in [-0.15, -0.1) is 0 Å². The van der Waals surface area contributed by atoms with E-state index in [0.29, 0.717) is 17.3 Å². The lowest BCUT2D eigenvalue weighted by molar-refractivity contribution is -0.133. The number of nitrogens with one attached hydrogen (secondary N) is 1. The van der Waals surface area contributed by atoms with Gasteiger partial charge in [0.1, 0.15) is 0 Å². The van der Waals surface area contributed by atoms with Crippen molar-refractivity contribution >= 4 is 33.2 Å². The van der Waals surface area contributed by atoms with E-state index in [1.807, 2.05) is 17.0 Å². The summed E-state index contributed by atoms with van der Waals surface area (Å²) in [5, 5.41) is 0.484. The number of carbonyl (C=O) groups excluding carboxylic acids is 1. The lowest BCUT2D eigenvalue weighted by atomic mass is 9.99.